The van der Waals surface area contributed by atoms with E-state index in [1.165, 1.54) is 0 Å². The molecule has 5 heteroatoms. The van der Waals surface area contributed by atoms with Crippen LogP contribution in [-0.2, 0) is 17.2 Å². The minimum Gasteiger partial charge on any atom is -0.349 e. The summed E-state index contributed by atoms with van der Waals surface area (Å²) < 4.78 is 2.04. The molecule has 0 saturated heterocycles. The molecule has 1 heterocycles. The Hall–Kier alpha value is -1.55. The highest BCUT2D eigenvalue weighted by Gasteiger charge is 2.13. The van der Waals surface area contributed by atoms with Gasteiger partial charge in [0.05, 0.1) is 16.9 Å². The molecule has 0 saturated carbocycles. The second-order valence-corrected chi connectivity index (χ2v) is 5.06. The molecular weight excluding hydrogens is 262 g/mol. The van der Waals surface area contributed by atoms with Crippen molar-refractivity contribution in [3.05, 3.63) is 29.6 Å². The topological polar surface area (TPSA) is 38.1 Å². The largest absolute Gasteiger partial charge is 0.349 e. The van der Waals surface area contributed by atoms with E-state index in [1.807, 2.05) is 29.7 Å². The summed E-state index contributed by atoms with van der Waals surface area (Å²) in [6.45, 7) is 2.64. The van der Waals surface area contributed by atoms with Crippen LogP contribution in [0.25, 0.3) is 11.0 Å². The van der Waals surface area contributed by atoms with Gasteiger partial charge in [0.15, 0.2) is 0 Å². The van der Waals surface area contributed by atoms with E-state index in [0.29, 0.717) is 18.8 Å². The first-order valence-electron chi connectivity index (χ1n) is 6.25. The summed E-state index contributed by atoms with van der Waals surface area (Å²) in [5.74, 6) is 1.28. The average Bonchev–Trinajstić information content (AvgIpc) is 2.75. The van der Waals surface area contributed by atoms with Gasteiger partial charge in [0.25, 0.3) is 0 Å². The molecule has 2 rings (SSSR count). The Morgan fingerprint density at radius 3 is 2.79 bits per heavy atom. The van der Waals surface area contributed by atoms with E-state index >= 15 is 0 Å². The second kappa shape index (κ2) is 5.61. The van der Waals surface area contributed by atoms with Gasteiger partial charge in [-0.3, -0.25) is 4.79 Å². The first-order valence-corrected chi connectivity index (χ1v) is 6.79. The van der Waals surface area contributed by atoms with Gasteiger partial charge in [-0.05, 0) is 18.6 Å². The minimum atomic E-state index is 0.107. The first kappa shape index (κ1) is 13.9. The maximum atomic E-state index is 11.7. The number of alkyl halides is 1. The zero-order chi connectivity index (χ0) is 14.0. The zero-order valence-corrected chi connectivity index (χ0v) is 12.2. The summed E-state index contributed by atoms with van der Waals surface area (Å²) in [5.41, 5.74) is 3.14. The fourth-order valence-corrected chi connectivity index (χ4v) is 2.32. The van der Waals surface area contributed by atoms with Gasteiger partial charge in [-0.15, -0.1) is 11.6 Å². The maximum absolute atomic E-state index is 11.7. The number of amides is 1. The normalized spacial score (nSPS) is 10.9. The number of hydrogen-bond acceptors (Lipinski definition) is 2. The highest BCUT2D eigenvalue weighted by Crippen LogP contribution is 2.21. The van der Waals surface area contributed by atoms with Crippen LogP contribution < -0.4 is 0 Å². The number of aryl methyl sites for hydroxylation is 2. The Labute approximate surface area is 118 Å². The zero-order valence-electron chi connectivity index (χ0n) is 11.5. The van der Waals surface area contributed by atoms with E-state index in [4.69, 9.17) is 11.6 Å². The SMILES string of the molecule is Cc1cccc2c1nc(CCl)n2CCC(=O)N(C)C. The summed E-state index contributed by atoms with van der Waals surface area (Å²) in [6.07, 6.45) is 0.455. The van der Waals surface area contributed by atoms with E-state index < -0.39 is 0 Å². The molecule has 19 heavy (non-hydrogen) atoms. The van der Waals surface area contributed by atoms with Crippen LogP contribution in [-0.4, -0.2) is 34.5 Å². The van der Waals surface area contributed by atoms with Crippen LogP contribution in [0, 0.1) is 6.92 Å². The molecule has 1 aromatic heterocycles. The fraction of sp³-hybridized carbons (Fsp3) is 0.429. The van der Waals surface area contributed by atoms with Gasteiger partial charge in [-0.1, -0.05) is 12.1 Å². The molecule has 4 nitrogen and oxygen atoms in total. The Morgan fingerprint density at radius 1 is 1.42 bits per heavy atom. The van der Waals surface area contributed by atoms with Gasteiger partial charge < -0.3 is 9.47 Å². The second-order valence-electron chi connectivity index (χ2n) is 4.79. The lowest BCUT2D eigenvalue weighted by atomic mass is 10.2. The van der Waals surface area contributed by atoms with Crippen LogP contribution in [0.3, 0.4) is 0 Å². The fourth-order valence-electron chi connectivity index (χ4n) is 2.12. The van der Waals surface area contributed by atoms with E-state index in [2.05, 4.69) is 4.98 Å². The molecule has 1 amide bonds. The average molecular weight is 280 g/mol. The number of rotatable bonds is 4. The Bertz CT molecular complexity index is 604. The van der Waals surface area contributed by atoms with Crippen molar-refractivity contribution in [3.63, 3.8) is 0 Å². The van der Waals surface area contributed by atoms with E-state index in [-0.39, 0.29) is 5.91 Å². The van der Waals surface area contributed by atoms with Gasteiger partial charge in [0.1, 0.15) is 5.82 Å². The molecule has 0 fully saturated rings. The van der Waals surface area contributed by atoms with E-state index in [1.54, 1.807) is 19.0 Å². The van der Waals surface area contributed by atoms with Crippen LogP contribution in [0.2, 0.25) is 0 Å². The molecule has 0 radical (unpaired) electrons. The molecule has 0 spiro atoms. The Morgan fingerprint density at radius 2 is 2.16 bits per heavy atom. The number of aromatic nitrogens is 2. The molecule has 0 aliphatic carbocycles. The van der Waals surface area contributed by atoms with Crippen molar-refractivity contribution in [1.82, 2.24) is 14.5 Å². The number of fused-ring (bicyclic) bond motifs is 1. The lowest BCUT2D eigenvalue weighted by Crippen LogP contribution is -2.23. The van der Waals surface area contributed by atoms with E-state index in [0.717, 1.165) is 22.4 Å². The summed E-state index contributed by atoms with van der Waals surface area (Å²) >= 11 is 5.96. The standard InChI is InChI=1S/C14H18ClN3O/c1-10-5-4-6-11-14(10)16-12(9-15)18(11)8-7-13(19)17(2)3/h4-6H,7-9H2,1-3H3. The molecule has 0 N–H and O–H groups in total. The molecular formula is C14H18ClN3O. The molecule has 102 valence electrons. The molecule has 0 bridgehead atoms. The summed E-state index contributed by atoms with van der Waals surface area (Å²) in [6, 6.07) is 6.05. The van der Waals surface area contributed by atoms with Crippen molar-refractivity contribution >= 4 is 28.5 Å². The highest BCUT2D eigenvalue weighted by atomic mass is 35.5. The van der Waals surface area contributed by atoms with Gasteiger partial charge >= 0.3 is 0 Å². The van der Waals surface area contributed by atoms with Gasteiger partial charge in [0, 0.05) is 27.1 Å². The number of para-hydroxylation sites is 1. The van der Waals surface area contributed by atoms with Crippen LogP contribution in [0.4, 0.5) is 0 Å². The molecule has 0 atom stereocenters. The van der Waals surface area contributed by atoms with Crippen molar-refractivity contribution < 1.29 is 4.79 Å². The number of carbonyl (C=O) groups excluding carboxylic acids is 1. The number of nitrogens with zero attached hydrogens (tertiary/aromatic N) is 3. The third kappa shape index (κ3) is 2.73. The Kier molecular flexibility index (Phi) is 4.10. The molecule has 1 aromatic carbocycles. The van der Waals surface area contributed by atoms with Crippen molar-refractivity contribution in [2.45, 2.75) is 25.8 Å². The lowest BCUT2D eigenvalue weighted by molar-refractivity contribution is -0.128. The number of hydrogen-bond donors (Lipinski definition) is 0. The predicted molar refractivity (Wildman–Crippen MR) is 77.3 cm³/mol. The monoisotopic (exact) mass is 279 g/mol. The number of benzene rings is 1. The third-order valence-corrected chi connectivity index (χ3v) is 3.47. The van der Waals surface area contributed by atoms with Crippen molar-refractivity contribution in [1.29, 1.82) is 0 Å². The summed E-state index contributed by atoms with van der Waals surface area (Å²) in [4.78, 5) is 17.9. The van der Waals surface area contributed by atoms with Gasteiger partial charge in [0.2, 0.25) is 5.91 Å². The number of imidazole rings is 1. The third-order valence-electron chi connectivity index (χ3n) is 3.23. The molecule has 0 aliphatic rings. The van der Waals surface area contributed by atoms with Crippen LogP contribution in [0.15, 0.2) is 18.2 Å². The minimum absolute atomic E-state index is 0.107. The molecule has 2 aromatic rings. The molecule has 0 aliphatic heterocycles. The smallest absolute Gasteiger partial charge is 0.223 e. The summed E-state index contributed by atoms with van der Waals surface area (Å²) in [7, 11) is 3.53. The van der Waals surface area contributed by atoms with Gasteiger partial charge in [-0.2, -0.15) is 0 Å². The highest BCUT2D eigenvalue weighted by molar-refractivity contribution is 6.16. The molecule has 0 unspecified atom stereocenters. The van der Waals surface area contributed by atoms with Crippen molar-refractivity contribution in [2.24, 2.45) is 0 Å². The van der Waals surface area contributed by atoms with Crippen LogP contribution >= 0.6 is 11.6 Å². The lowest BCUT2D eigenvalue weighted by Gasteiger charge is -2.12. The summed E-state index contributed by atoms with van der Waals surface area (Å²) in [5, 5.41) is 0. The van der Waals surface area contributed by atoms with Crippen molar-refractivity contribution in [3.8, 4) is 0 Å². The maximum Gasteiger partial charge on any atom is 0.223 e. The van der Waals surface area contributed by atoms with Gasteiger partial charge in [-0.25, -0.2) is 4.98 Å². The van der Waals surface area contributed by atoms with E-state index in [9.17, 15) is 4.79 Å². The van der Waals surface area contributed by atoms with Crippen molar-refractivity contribution in [2.75, 3.05) is 14.1 Å². The van der Waals surface area contributed by atoms with Crippen LogP contribution in [0.5, 0.6) is 0 Å². The quantitative estimate of drug-likeness (QED) is 0.807. The Balaban J connectivity index is 2.36. The number of halogens is 1. The van der Waals surface area contributed by atoms with Crippen LogP contribution in [0.1, 0.15) is 17.8 Å². The predicted octanol–water partition coefficient (Wildman–Crippen LogP) is 2.56. The first-order chi connectivity index (χ1) is 9.04. The number of carbonyl (C=O) groups is 1.